The molecule has 4 heteroatoms. The lowest BCUT2D eigenvalue weighted by atomic mass is 10.1. The van der Waals surface area contributed by atoms with Crippen LogP contribution in [0.25, 0.3) is 0 Å². The van der Waals surface area contributed by atoms with Gasteiger partial charge in [-0.05, 0) is 12.8 Å². The molecule has 2 aliphatic rings. The third-order valence-corrected chi connectivity index (χ3v) is 2.87. The van der Waals surface area contributed by atoms with Crippen LogP contribution in [0.1, 0.15) is 27.2 Å². The Morgan fingerprint density at radius 1 is 1.43 bits per heavy atom. The summed E-state index contributed by atoms with van der Waals surface area (Å²) in [5, 5.41) is 9.10. The fourth-order valence-corrected chi connectivity index (χ4v) is 2.02. The molecule has 0 bridgehead atoms. The van der Waals surface area contributed by atoms with E-state index >= 15 is 0 Å². The van der Waals surface area contributed by atoms with Crippen LogP contribution >= 0.6 is 0 Å². The van der Waals surface area contributed by atoms with Crippen LogP contribution in [0.4, 0.5) is 0 Å². The van der Waals surface area contributed by atoms with Crippen LogP contribution in [0.3, 0.4) is 0 Å². The Hall–Kier alpha value is -0.580. The summed E-state index contributed by atoms with van der Waals surface area (Å²) in [5.41, 5.74) is 4.59. The molecule has 0 aliphatic carbocycles. The number of hydrogen-bond donors (Lipinski definition) is 3. The van der Waals surface area contributed by atoms with Crippen molar-refractivity contribution in [3.63, 3.8) is 0 Å². The highest BCUT2D eigenvalue weighted by molar-refractivity contribution is 5.04. The van der Waals surface area contributed by atoms with E-state index in [1.807, 2.05) is 0 Å². The molecule has 0 saturated carbocycles. The van der Waals surface area contributed by atoms with E-state index in [0.717, 1.165) is 12.1 Å². The number of hydrogen-bond acceptors (Lipinski definition) is 4. The summed E-state index contributed by atoms with van der Waals surface area (Å²) in [4.78, 5) is 0. The molecule has 0 radical (unpaired) electrons. The van der Waals surface area contributed by atoms with Gasteiger partial charge in [0, 0.05) is 18.2 Å². The quantitative estimate of drug-likeness (QED) is 0.573. The molecule has 3 N–H and O–H groups in total. The molecule has 0 aromatic heterocycles. The molecule has 0 aromatic carbocycles. The Bertz CT molecular complexity index is 238. The molecule has 3 unspecified atom stereocenters. The molecule has 2 rings (SSSR count). The standard InChI is InChI=1S/C10H20N4/c1-6(2)9-12-10-11-7(3)5-8(4)14(10)13-9/h6-7,9-13H,4-5H2,1-3H3. The van der Waals surface area contributed by atoms with Gasteiger partial charge in [0.15, 0.2) is 0 Å². The van der Waals surface area contributed by atoms with E-state index in [1.54, 1.807) is 0 Å². The molecule has 3 atom stereocenters. The average Bonchev–Trinajstić information content (AvgIpc) is 2.47. The zero-order chi connectivity index (χ0) is 10.3. The van der Waals surface area contributed by atoms with Crippen molar-refractivity contribution in [2.45, 2.75) is 45.7 Å². The van der Waals surface area contributed by atoms with E-state index in [9.17, 15) is 0 Å². The molecule has 2 heterocycles. The van der Waals surface area contributed by atoms with Gasteiger partial charge in [0.2, 0.25) is 0 Å². The zero-order valence-corrected chi connectivity index (χ0v) is 9.17. The highest BCUT2D eigenvalue weighted by atomic mass is 15.7. The first kappa shape index (κ1) is 9.96. The van der Waals surface area contributed by atoms with Crippen molar-refractivity contribution in [3.8, 4) is 0 Å². The normalized spacial score (nSPS) is 37.9. The maximum Gasteiger partial charge on any atom is 0.150 e. The second kappa shape index (κ2) is 3.53. The molecule has 2 fully saturated rings. The molecule has 2 aliphatic heterocycles. The van der Waals surface area contributed by atoms with Gasteiger partial charge in [0.25, 0.3) is 0 Å². The average molecular weight is 196 g/mol. The van der Waals surface area contributed by atoms with Crippen molar-refractivity contribution in [3.05, 3.63) is 12.3 Å². The third-order valence-electron chi connectivity index (χ3n) is 2.87. The summed E-state index contributed by atoms with van der Waals surface area (Å²) in [5.74, 6) is 0.575. The van der Waals surface area contributed by atoms with Crippen LogP contribution in [0.15, 0.2) is 12.3 Å². The monoisotopic (exact) mass is 196 g/mol. The molecule has 4 nitrogen and oxygen atoms in total. The van der Waals surface area contributed by atoms with E-state index in [0.29, 0.717) is 18.1 Å². The van der Waals surface area contributed by atoms with Crippen LogP contribution in [0.5, 0.6) is 0 Å². The summed E-state index contributed by atoms with van der Waals surface area (Å²) < 4.78 is 0. The van der Waals surface area contributed by atoms with Crippen LogP contribution in [0.2, 0.25) is 0 Å². The Balaban J connectivity index is 2.06. The third kappa shape index (κ3) is 1.65. The predicted molar refractivity (Wildman–Crippen MR) is 56.9 cm³/mol. The Morgan fingerprint density at radius 2 is 2.14 bits per heavy atom. The first-order valence-electron chi connectivity index (χ1n) is 5.33. The van der Waals surface area contributed by atoms with Crippen LogP contribution in [0, 0.1) is 5.92 Å². The Kier molecular flexibility index (Phi) is 2.51. The highest BCUT2D eigenvalue weighted by Crippen LogP contribution is 2.21. The van der Waals surface area contributed by atoms with Crippen molar-refractivity contribution in [2.24, 2.45) is 5.92 Å². The predicted octanol–water partition coefficient (Wildman–Crippen LogP) is 0.557. The second-order valence-corrected chi connectivity index (χ2v) is 4.63. The van der Waals surface area contributed by atoms with Gasteiger partial charge in [-0.2, -0.15) is 0 Å². The summed E-state index contributed by atoms with van der Waals surface area (Å²) in [6.07, 6.45) is 1.56. The van der Waals surface area contributed by atoms with Gasteiger partial charge in [0.1, 0.15) is 6.29 Å². The number of rotatable bonds is 1. The Labute approximate surface area is 85.7 Å². The summed E-state index contributed by atoms with van der Waals surface area (Å²) in [6, 6.07) is 0.504. The minimum absolute atomic E-state index is 0.207. The Morgan fingerprint density at radius 3 is 2.79 bits per heavy atom. The number of fused-ring (bicyclic) bond motifs is 1. The maximum absolute atomic E-state index is 4.08. The second-order valence-electron chi connectivity index (χ2n) is 4.63. The zero-order valence-electron chi connectivity index (χ0n) is 9.17. The van der Waals surface area contributed by atoms with Gasteiger partial charge >= 0.3 is 0 Å². The number of hydrazine groups is 1. The van der Waals surface area contributed by atoms with Gasteiger partial charge in [-0.25, -0.2) is 5.43 Å². The van der Waals surface area contributed by atoms with E-state index in [1.165, 1.54) is 0 Å². The van der Waals surface area contributed by atoms with E-state index in [-0.39, 0.29) is 6.29 Å². The molecular formula is C10H20N4. The number of nitrogens with zero attached hydrogens (tertiary/aromatic N) is 1. The SMILES string of the molecule is C=C1CC(C)NC2NC(C(C)C)NN12. The fourth-order valence-electron chi connectivity index (χ4n) is 2.02. The first-order chi connectivity index (χ1) is 6.58. The van der Waals surface area contributed by atoms with Gasteiger partial charge in [-0.1, -0.05) is 20.4 Å². The summed E-state index contributed by atoms with van der Waals surface area (Å²) in [7, 11) is 0. The van der Waals surface area contributed by atoms with Crippen LogP contribution in [-0.2, 0) is 0 Å². The molecular weight excluding hydrogens is 176 g/mol. The van der Waals surface area contributed by atoms with Gasteiger partial charge in [0.05, 0.1) is 6.17 Å². The van der Waals surface area contributed by atoms with Crippen molar-refractivity contribution < 1.29 is 0 Å². The molecule has 2 saturated heterocycles. The minimum Gasteiger partial charge on any atom is -0.281 e. The van der Waals surface area contributed by atoms with Gasteiger partial charge in [-0.15, -0.1) is 0 Å². The van der Waals surface area contributed by atoms with Gasteiger partial charge in [-0.3, -0.25) is 15.6 Å². The minimum atomic E-state index is 0.207. The maximum atomic E-state index is 4.08. The summed E-state index contributed by atoms with van der Waals surface area (Å²) >= 11 is 0. The smallest absolute Gasteiger partial charge is 0.150 e. The highest BCUT2D eigenvalue weighted by Gasteiger charge is 2.36. The van der Waals surface area contributed by atoms with Crippen molar-refractivity contribution in [1.82, 2.24) is 21.1 Å². The lowest BCUT2D eigenvalue weighted by molar-refractivity contribution is 0.144. The van der Waals surface area contributed by atoms with Crippen molar-refractivity contribution >= 4 is 0 Å². The summed E-state index contributed by atoms with van der Waals surface area (Å²) in [6.45, 7) is 10.7. The van der Waals surface area contributed by atoms with E-state index in [2.05, 4.69) is 48.4 Å². The lowest BCUT2D eigenvalue weighted by Gasteiger charge is -2.36. The largest absolute Gasteiger partial charge is 0.281 e. The molecule has 0 aromatic rings. The lowest BCUT2D eigenvalue weighted by Crippen LogP contribution is -2.56. The molecule has 80 valence electrons. The van der Waals surface area contributed by atoms with Crippen molar-refractivity contribution in [2.75, 3.05) is 0 Å². The molecule has 0 amide bonds. The van der Waals surface area contributed by atoms with Crippen LogP contribution in [-0.4, -0.2) is 23.5 Å². The van der Waals surface area contributed by atoms with Gasteiger partial charge < -0.3 is 0 Å². The fraction of sp³-hybridized carbons (Fsp3) is 0.800. The topological polar surface area (TPSA) is 39.3 Å². The first-order valence-corrected chi connectivity index (χ1v) is 5.33. The molecule has 0 spiro atoms. The van der Waals surface area contributed by atoms with E-state index < -0.39 is 0 Å². The molecule has 14 heavy (non-hydrogen) atoms. The van der Waals surface area contributed by atoms with E-state index in [4.69, 9.17) is 0 Å². The number of nitrogens with one attached hydrogen (secondary N) is 3. The van der Waals surface area contributed by atoms with Crippen molar-refractivity contribution in [1.29, 1.82) is 0 Å². The van der Waals surface area contributed by atoms with Crippen LogP contribution < -0.4 is 16.1 Å².